The third-order valence-corrected chi connectivity index (χ3v) is 5.30. The van der Waals surface area contributed by atoms with Crippen LogP contribution in [0.15, 0.2) is 30.4 Å². The fraction of sp³-hybridized carbons (Fsp3) is 0.520. The molecule has 0 bridgehead atoms. The van der Waals surface area contributed by atoms with Crippen LogP contribution in [-0.2, 0) is 19.1 Å². The van der Waals surface area contributed by atoms with Crippen LogP contribution in [-0.4, -0.2) is 23.9 Å². The van der Waals surface area contributed by atoms with Gasteiger partial charge in [-0.05, 0) is 31.9 Å². The summed E-state index contributed by atoms with van der Waals surface area (Å²) in [5.74, 6) is -2.21. The number of hydrogen-bond acceptors (Lipinski definition) is 6. The second-order valence-corrected chi connectivity index (χ2v) is 8.02. The van der Waals surface area contributed by atoms with Crippen LogP contribution in [0.2, 0.25) is 0 Å². The van der Waals surface area contributed by atoms with Gasteiger partial charge in [-0.3, -0.25) is 9.59 Å². The molecule has 1 aromatic rings. The van der Waals surface area contributed by atoms with Gasteiger partial charge in [0.15, 0.2) is 0 Å². The molecule has 2 heterocycles. The van der Waals surface area contributed by atoms with Gasteiger partial charge in [0.1, 0.15) is 0 Å². The maximum Gasteiger partial charge on any atom is 0.346 e. The lowest BCUT2D eigenvalue weighted by molar-refractivity contribution is -0.152. The molecule has 6 nitrogen and oxygen atoms in total. The van der Waals surface area contributed by atoms with Crippen molar-refractivity contribution < 1.29 is 28.7 Å². The number of carbonyl (C=O) groups excluding carboxylic acids is 4. The van der Waals surface area contributed by atoms with E-state index in [-0.39, 0.29) is 12.3 Å². The van der Waals surface area contributed by atoms with Crippen LogP contribution in [0.3, 0.4) is 0 Å². The molecule has 3 rings (SSSR count). The van der Waals surface area contributed by atoms with Crippen LogP contribution in [0.4, 0.5) is 0 Å². The number of esters is 4. The van der Waals surface area contributed by atoms with E-state index in [9.17, 15) is 19.2 Å². The summed E-state index contributed by atoms with van der Waals surface area (Å²) < 4.78 is 8.90. The van der Waals surface area contributed by atoms with Crippen molar-refractivity contribution in [1.82, 2.24) is 0 Å². The molecule has 0 amide bonds. The van der Waals surface area contributed by atoms with Gasteiger partial charge in [0.05, 0.1) is 23.5 Å². The first kappa shape index (κ1) is 24.5. The fourth-order valence-corrected chi connectivity index (χ4v) is 3.49. The normalized spacial score (nSPS) is 17.4. The number of aryl methyl sites for hydroxylation is 1. The minimum Gasteiger partial charge on any atom is -0.393 e. The predicted octanol–water partition coefficient (Wildman–Crippen LogP) is 5.47. The zero-order valence-corrected chi connectivity index (χ0v) is 18.5. The second kappa shape index (κ2) is 12.8. The predicted molar refractivity (Wildman–Crippen MR) is 116 cm³/mol. The van der Waals surface area contributed by atoms with Crippen molar-refractivity contribution in [3.63, 3.8) is 0 Å². The lowest BCUT2D eigenvalue weighted by Gasteiger charge is -2.00. The van der Waals surface area contributed by atoms with Gasteiger partial charge in [0, 0.05) is 0 Å². The molecule has 1 aromatic carbocycles. The summed E-state index contributed by atoms with van der Waals surface area (Å²) in [5, 5.41) is 0. The highest BCUT2D eigenvalue weighted by Gasteiger charge is 2.31. The van der Waals surface area contributed by atoms with Crippen LogP contribution in [0.25, 0.3) is 0 Å². The van der Waals surface area contributed by atoms with Crippen molar-refractivity contribution in [2.24, 2.45) is 5.92 Å². The van der Waals surface area contributed by atoms with E-state index in [2.05, 4.69) is 16.4 Å². The van der Waals surface area contributed by atoms with Crippen LogP contribution in [0.5, 0.6) is 0 Å². The number of hydrogen-bond donors (Lipinski definition) is 0. The minimum absolute atomic E-state index is 0.215. The highest BCUT2D eigenvalue weighted by molar-refractivity contribution is 6.14. The minimum atomic E-state index is -0.546. The van der Waals surface area contributed by atoms with E-state index in [4.69, 9.17) is 0 Å². The summed E-state index contributed by atoms with van der Waals surface area (Å²) in [6, 6.07) is 5.04. The van der Waals surface area contributed by atoms with E-state index in [1.54, 1.807) is 18.2 Å². The maximum atomic E-state index is 11.2. The molecule has 0 spiro atoms. The van der Waals surface area contributed by atoms with Gasteiger partial charge >= 0.3 is 23.9 Å². The Morgan fingerprint density at radius 1 is 0.871 bits per heavy atom. The standard InChI is InChI=1S/C16H26O3.C9H6O3/c1-2-3-4-5-6-7-8-9-10-11-12-14-13-15(17)19-16(14)18;1-5-2-3-6-7(4-5)9(11)12-8(6)10/h11-12,14H,2-10,13H2,1H3;2-4H,1H3. The van der Waals surface area contributed by atoms with E-state index in [0.717, 1.165) is 12.0 Å². The number of cyclic esters (lactones) is 4. The fourth-order valence-electron chi connectivity index (χ4n) is 3.49. The van der Waals surface area contributed by atoms with Crippen molar-refractivity contribution in [3.8, 4) is 0 Å². The first-order valence-electron chi connectivity index (χ1n) is 11.2. The molecule has 6 heteroatoms. The molecule has 1 atom stereocenters. The van der Waals surface area contributed by atoms with Gasteiger partial charge in [0.2, 0.25) is 0 Å². The maximum absolute atomic E-state index is 11.2. The quantitative estimate of drug-likeness (QED) is 0.213. The molecule has 1 fully saturated rings. The summed E-state index contributed by atoms with van der Waals surface area (Å²) in [7, 11) is 0. The first-order chi connectivity index (χ1) is 14.9. The van der Waals surface area contributed by atoms with Gasteiger partial charge in [-0.1, -0.05) is 75.7 Å². The number of carbonyl (C=O) groups is 4. The van der Waals surface area contributed by atoms with E-state index < -0.39 is 23.9 Å². The van der Waals surface area contributed by atoms with E-state index in [1.807, 2.05) is 19.1 Å². The number of unbranched alkanes of at least 4 members (excludes halogenated alkanes) is 8. The Morgan fingerprint density at radius 2 is 1.52 bits per heavy atom. The Labute approximate surface area is 184 Å². The highest BCUT2D eigenvalue weighted by atomic mass is 16.6. The average molecular weight is 429 g/mol. The van der Waals surface area contributed by atoms with Crippen molar-refractivity contribution in [3.05, 3.63) is 47.0 Å². The molecule has 31 heavy (non-hydrogen) atoms. The number of rotatable bonds is 10. The molecule has 0 radical (unpaired) electrons. The van der Waals surface area contributed by atoms with Gasteiger partial charge < -0.3 is 9.47 Å². The molecule has 1 unspecified atom stereocenters. The lowest BCUT2D eigenvalue weighted by Crippen LogP contribution is -2.03. The molecule has 0 aromatic heterocycles. The Bertz CT molecular complexity index is 823. The zero-order chi connectivity index (χ0) is 22.6. The van der Waals surface area contributed by atoms with Gasteiger partial charge in [-0.2, -0.15) is 0 Å². The molecule has 0 N–H and O–H groups in total. The molecular formula is C25H32O6. The lowest BCUT2D eigenvalue weighted by atomic mass is 10.0. The Morgan fingerprint density at radius 3 is 2.16 bits per heavy atom. The summed E-state index contributed by atoms with van der Waals surface area (Å²) in [4.78, 5) is 44.0. The monoisotopic (exact) mass is 428 g/mol. The number of ether oxygens (including phenoxy) is 2. The van der Waals surface area contributed by atoms with Gasteiger partial charge in [-0.25, -0.2) is 9.59 Å². The summed E-state index contributed by atoms with van der Waals surface area (Å²) >= 11 is 0. The zero-order valence-electron chi connectivity index (χ0n) is 18.5. The molecule has 168 valence electrons. The van der Waals surface area contributed by atoms with Crippen LogP contribution >= 0.6 is 0 Å². The molecule has 0 aliphatic carbocycles. The number of allylic oxidation sites excluding steroid dienone is 1. The SMILES string of the molecule is CCCCCCCCCCC=CC1CC(=O)OC1=O.Cc1ccc2c(c1)C(=O)OC2=O. The first-order valence-corrected chi connectivity index (χ1v) is 11.2. The van der Waals surface area contributed by atoms with E-state index in [0.29, 0.717) is 11.1 Å². The van der Waals surface area contributed by atoms with Crippen LogP contribution in [0.1, 0.15) is 97.4 Å². The van der Waals surface area contributed by atoms with Gasteiger partial charge in [-0.15, -0.1) is 0 Å². The molecule has 2 aliphatic heterocycles. The molecule has 2 aliphatic rings. The highest BCUT2D eigenvalue weighted by Crippen LogP contribution is 2.20. The topological polar surface area (TPSA) is 86.7 Å². The Kier molecular flexibility index (Phi) is 10.1. The number of benzene rings is 1. The van der Waals surface area contributed by atoms with Crippen molar-refractivity contribution >= 4 is 23.9 Å². The largest absolute Gasteiger partial charge is 0.393 e. The van der Waals surface area contributed by atoms with Crippen LogP contribution in [0, 0.1) is 12.8 Å². The van der Waals surface area contributed by atoms with Crippen molar-refractivity contribution in [2.75, 3.05) is 0 Å². The van der Waals surface area contributed by atoms with E-state index in [1.165, 1.54) is 51.4 Å². The molecule has 0 saturated carbocycles. The van der Waals surface area contributed by atoms with Crippen molar-refractivity contribution in [2.45, 2.75) is 78.1 Å². The summed E-state index contributed by atoms with van der Waals surface area (Å²) in [6.07, 6.45) is 15.5. The smallest absolute Gasteiger partial charge is 0.346 e. The van der Waals surface area contributed by atoms with Crippen molar-refractivity contribution in [1.29, 1.82) is 0 Å². The molecule has 1 saturated heterocycles. The van der Waals surface area contributed by atoms with Crippen LogP contribution < -0.4 is 0 Å². The third-order valence-electron chi connectivity index (χ3n) is 5.30. The molecular weight excluding hydrogens is 396 g/mol. The Balaban J connectivity index is 0.000000242. The summed E-state index contributed by atoms with van der Waals surface area (Å²) in [6.45, 7) is 4.09. The third kappa shape index (κ3) is 8.12. The summed E-state index contributed by atoms with van der Waals surface area (Å²) in [5.41, 5.74) is 1.69. The second-order valence-electron chi connectivity index (χ2n) is 8.02. The van der Waals surface area contributed by atoms with E-state index >= 15 is 0 Å². The Hall–Kier alpha value is -2.76. The van der Waals surface area contributed by atoms with Gasteiger partial charge in [0.25, 0.3) is 0 Å². The average Bonchev–Trinajstić information content (AvgIpc) is 3.20. The number of fused-ring (bicyclic) bond motifs is 1.